The van der Waals surface area contributed by atoms with Gasteiger partial charge < -0.3 is 15.4 Å². The summed E-state index contributed by atoms with van der Waals surface area (Å²) in [5.41, 5.74) is 7.59. The zero-order chi connectivity index (χ0) is 13.3. The zero-order valence-corrected chi connectivity index (χ0v) is 13.0. The van der Waals surface area contributed by atoms with Gasteiger partial charge in [0.1, 0.15) is 4.99 Å². The minimum atomic E-state index is -0.105. The molecule has 3 nitrogen and oxygen atoms in total. The second-order valence-corrected chi connectivity index (χ2v) is 6.35. The number of nitrogens with zero attached hydrogens (tertiary/aromatic N) is 1. The fourth-order valence-corrected chi connectivity index (χ4v) is 3.03. The number of anilines is 1. The summed E-state index contributed by atoms with van der Waals surface area (Å²) in [6.07, 6.45) is 0. The van der Waals surface area contributed by atoms with E-state index in [4.69, 9.17) is 22.7 Å². The van der Waals surface area contributed by atoms with Crippen molar-refractivity contribution in [1.29, 1.82) is 0 Å². The first-order valence-corrected chi connectivity index (χ1v) is 7.07. The molecule has 2 rings (SSSR count). The molecular weight excluding hydrogens is 312 g/mol. The van der Waals surface area contributed by atoms with Crippen LogP contribution in [-0.4, -0.2) is 30.3 Å². The van der Waals surface area contributed by atoms with Gasteiger partial charge in [0, 0.05) is 28.8 Å². The summed E-state index contributed by atoms with van der Waals surface area (Å²) in [5, 5.41) is 0. The first-order valence-electron chi connectivity index (χ1n) is 5.87. The lowest BCUT2D eigenvalue weighted by Crippen LogP contribution is -2.48. The molecule has 2 N–H and O–H groups in total. The molecule has 0 atom stereocenters. The van der Waals surface area contributed by atoms with Crippen LogP contribution in [0.15, 0.2) is 22.7 Å². The number of rotatable bonds is 2. The van der Waals surface area contributed by atoms with Gasteiger partial charge in [-0.15, -0.1) is 0 Å². The Labute approximate surface area is 121 Å². The maximum Gasteiger partial charge on any atom is 0.105 e. The molecule has 0 spiro atoms. The molecule has 98 valence electrons. The van der Waals surface area contributed by atoms with Gasteiger partial charge in [-0.1, -0.05) is 12.2 Å². The van der Waals surface area contributed by atoms with Crippen LogP contribution in [0, 0.1) is 0 Å². The summed E-state index contributed by atoms with van der Waals surface area (Å²) in [6, 6.07) is 6.08. The van der Waals surface area contributed by atoms with Crippen molar-refractivity contribution in [3.63, 3.8) is 0 Å². The van der Waals surface area contributed by atoms with Crippen molar-refractivity contribution >= 4 is 38.8 Å². The maximum atomic E-state index is 5.72. The third-order valence-electron chi connectivity index (χ3n) is 3.01. The lowest BCUT2D eigenvalue weighted by Gasteiger charge is -2.39. The third-order valence-corrected chi connectivity index (χ3v) is 3.88. The highest BCUT2D eigenvalue weighted by Crippen LogP contribution is 2.27. The molecule has 0 saturated carbocycles. The molecule has 1 aliphatic heterocycles. The second kappa shape index (κ2) is 5.15. The number of ether oxygens (including phenoxy) is 1. The summed E-state index contributed by atoms with van der Waals surface area (Å²) in [4.78, 5) is 2.73. The average molecular weight is 329 g/mol. The van der Waals surface area contributed by atoms with E-state index in [1.807, 2.05) is 6.07 Å². The van der Waals surface area contributed by atoms with Crippen LogP contribution >= 0.6 is 28.1 Å². The minimum absolute atomic E-state index is 0.105. The van der Waals surface area contributed by atoms with Gasteiger partial charge in [-0.05, 0) is 48.0 Å². The Bertz CT molecular complexity index is 476. The number of hydrogen-bond donors (Lipinski definition) is 1. The van der Waals surface area contributed by atoms with Gasteiger partial charge in [0.15, 0.2) is 0 Å². The smallest absolute Gasteiger partial charge is 0.105 e. The van der Waals surface area contributed by atoms with Crippen molar-refractivity contribution in [3.05, 3.63) is 28.2 Å². The third kappa shape index (κ3) is 3.02. The molecule has 0 amide bonds. The number of morpholine rings is 1. The molecule has 18 heavy (non-hydrogen) atoms. The molecule has 0 aliphatic carbocycles. The number of hydrogen-bond acceptors (Lipinski definition) is 3. The molecule has 1 saturated heterocycles. The Balaban J connectivity index is 2.24. The standard InChI is InChI=1S/C13H17BrN2OS/c1-13(2)8-16(5-6-17-13)9-3-4-10(12(15)18)11(14)7-9/h3-4,7H,5-6,8H2,1-2H3,(H2,15,18). The Morgan fingerprint density at radius 3 is 2.78 bits per heavy atom. The van der Waals surface area contributed by atoms with E-state index in [0.717, 1.165) is 29.7 Å². The van der Waals surface area contributed by atoms with E-state index in [0.29, 0.717) is 4.99 Å². The van der Waals surface area contributed by atoms with Gasteiger partial charge in [-0.2, -0.15) is 0 Å². The van der Waals surface area contributed by atoms with Crippen molar-refractivity contribution in [2.24, 2.45) is 5.73 Å². The van der Waals surface area contributed by atoms with E-state index >= 15 is 0 Å². The van der Waals surface area contributed by atoms with Gasteiger partial charge in [0.2, 0.25) is 0 Å². The number of nitrogens with two attached hydrogens (primary N) is 1. The zero-order valence-electron chi connectivity index (χ0n) is 10.6. The van der Waals surface area contributed by atoms with Crippen LogP contribution in [0.3, 0.4) is 0 Å². The van der Waals surface area contributed by atoms with Crippen molar-refractivity contribution in [2.45, 2.75) is 19.4 Å². The monoisotopic (exact) mass is 328 g/mol. The van der Waals surface area contributed by atoms with Crippen LogP contribution in [0.4, 0.5) is 5.69 Å². The highest BCUT2D eigenvalue weighted by Gasteiger charge is 2.27. The van der Waals surface area contributed by atoms with Gasteiger partial charge in [0.25, 0.3) is 0 Å². The Morgan fingerprint density at radius 1 is 1.50 bits per heavy atom. The molecule has 0 radical (unpaired) electrons. The first-order chi connectivity index (χ1) is 8.39. The summed E-state index contributed by atoms with van der Waals surface area (Å²) < 4.78 is 6.66. The fourth-order valence-electron chi connectivity index (χ4n) is 2.14. The predicted molar refractivity (Wildman–Crippen MR) is 82.3 cm³/mol. The first kappa shape index (κ1) is 13.8. The molecule has 1 fully saturated rings. The van der Waals surface area contributed by atoms with Crippen LogP contribution in [0.2, 0.25) is 0 Å². The van der Waals surface area contributed by atoms with E-state index in [1.54, 1.807) is 0 Å². The molecule has 1 heterocycles. The number of thiocarbonyl (C=S) groups is 1. The SMILES string of the molecule is CC1(C)CN(c2ccc(C(N)=S)c(Br)c2)CCO1. The topological polar surface area (TPSA) is 38.5 Å². The van der Waals surface area contributed by atoms with E-state index < -0.39 is 0 Å². The van der Waals surface area contributed by atoms with E-state index in [1.165, 1.54) is 5.69 Å². The fraction of sp³-hybridized carbons (Fsp3) is 0.462. The van der Waals surface area contributed by atoms with Gasteiger partial charge in [-0.25, -0.2) is 0 Å². The number of halogens is 1. The van der Waals surface area contributed by atoms with Crippen molar-refractivity contribution in [3.8, 4) is 0 Å². The summed E-state index contributed by atoms with van der Waals surface area (Å²) in [7, 11) is 0. The summed E-state index contributed by atoms with van der Waals surface area (Å²) in [6.45, 7) is 6.75. The van der Waals surface area contributed by atoms with Crippen molar-refractivity contribution < 1.29 is 4.74 Å². The Kier molecular flexibility index (Phi) is 3.94. The van der Waals surface area contributed by atoms with Crippen LogP contribution in [-0.2, 0) is 4.74 Å². The predicted octanol–water partition coefficient (Wildman–Crippen LogP) is 2.70. The quantitative estimate of drug-likeness (QED) is 0.847. The molecule has 1 aliphatic rings. The molecule has 0 aromatic heterocycles. The van der Waals surface area contributed by atoms with E-state index in [-0.39, 0.29) is 5.60 Å². The van der Waals surface area contributed by atoms with Crippen molar-refractivity contribution in [1.82, 2.24) is 0 Å². The highest BCUT2D eigenvalue weighted by molar-refractivity contribution is 9.10. The van der Waals surface area contributed by atoms with Crippen LogP contribution < -0.4 is 10.6 Å². The molecule has 1 aromatic carbocycles. The largest absolute Gasteiger partial charge is 0.389 e. The maximum absolute atomic E-state index is 5.72. The molecule has 1 aromatic rings. The lowest BCUT2D eigenvalue weighted by molar-refractivity contribution is -0.0276. The molecule has 5 heteroatoms. The number of benzene rings is 1. The lowest BCUT2D eigenvalue weighted by atomic mass is 10.1. The van der Waals surface area contributed by atoms with Crippen molar-refractivity contribution in [2.75, 3.05) is 24.6 Å². The van der Waals surface area contributed by atoms with Crippen LogP contribution in [0.25, 0.3) is 0 Å². The van der Waals surface area contributed by atoms with Gasteiger partial charge >= 0.3 is 0 Å². The average Bonchev–Trinajstić information content (AvgIpc) is 2.27. The molecular formula is C13H17BrN2OS. The Morgan fingerprint density at radius 2 is 2.22 bits per heavy atom. The van der Waals surface area contributed by atoms with E-state index in [9.17, 15) is 0 Å². The summed E-state index contributed by atoms with van der Waals surface area (Å²) in [5.74, 6) is 0. The highest BCUT2D eigenvalue weighted by atomic mass is 79.9. The van der Waals surface area contributed by atoms with Crippen LogP contribution in [0.5, 0.6) is 0 Å². The van der Waals surface area contributed by atoms with Crippen LogP contribution in [0.1, 0.15) is 19.4 Å². The minimum Gasteiger partial charge on any atom is -0.389 e. The molecule has 0 unspecified atom stereocenters. The van der Waals surface area contributed by atoms with E-state index in [2.05, 4.69) is 46.8 Å². The summed E-state index contributed by atoms with van der Waals surface area (Å²) >= 11 is 8.52. The van der Waals surface area contributed by atoms with Gasteiger partial charge in [0.05, 0.1) is 12.2 Å². The molecule has 0 bridgehead atoms. The second-order valence-electron chi connectivity index (χ2n) is 5.06. The van der Waals surface area contributed by atoms with Gasteiger partial charge in [-0.3, -0.25) is 0 Å². The normalized spacial score (nSPS) is 18.7. The Hall–Kier alpha value is -0.650.